The molecule has 0 atom stereocenters. The fourth-order valence-corrected chi connectivity index (χ4v) is 1.51. The number of rotatable bonds is 4. The largest absolute Gasteiger partial charge is 0.479 e. The highest BCUT2D eigenvalue weighted by atomic mass is 16.5. The summed E-state index contributed by atoms with van der Waals surface area (Å²) in [6, 6.07) is 7.36. The van der Waals surface area contributed by atoms with Gasteiger partial charge in [0.15, 0.2) is 18.1 Å². The van der Waals surface area contributed by atoms with Gasteiger partial charge < -0.3 is 20.6 Å². The molecule has 0 fully saturated rings. The van der Waals surface area contributed by atoms with Gasteiger partial charge in [-0.2, -0.15) is 0 Å². The van der Waals surface area contributed by atoms with E-state index in [-0.39, 0.29) is 13.2 Å². The fraction of sp³-hybridized carbons (Fsp3) is 0.182. The molecule has 0 aliphatic heterocycles. The Labute approximate surface area is 92.0 Å². The molecule has 0 saturated heterocycles. The van der Waals surface area contributed by atoms with Gasteiger partial charge in [-0.05, 0) is 12.1 Å². The van der Waals surface area contributed by atoms with Crippen molar-refractivity contribution in [2.45, 2.75) is 6.54 Å². The lowest BCUT2D eigenvalue weighted by molar-refractivity contribution is -0.119. The van der Waals surface area contributed by atoms with Crippen LogP contribution in [0.1, 0.15) is 5.76 Å². The van der Waals surface area contributed by atoms with Crippen LogP contribution >= 0.6 is 0 Å². The van der Waals surface area contributed by atoms with Crippen molar-refractivity contribution in [3.8, 4) is 5.75 Å². The Kier molecular flexibility index (Phi) is 2.78. The van der Waals surface area contributed by atoms with E-state index in [1.54, 1.807) is 0 Å². The molecule has 84 valence electrons. The summed E-state index contributed by atoms with van der Waals surface area (Å²) in [6.07, 6.45) is 0. The maximum atomic E-state index is 10.7. The van der Waals surface area contributed by atoms with Crippen LogP contribution in [-0.2, 0) is 11.3 Å². The van der Waals surface area contributed by atoms with Crippen molar-refractivity contribution in [2.75, 3.05) is 6.61 Å². The molecular formula is C11H12N2O3. The lowest BCUT2D eigenvalue weighted by atomic mass is 10.2. The SMILES string of the molecule is NCc1oc2ccccc2c1OCC(N)=O. The second-order valence-electron chi connectivity index (χ2n) is 3.31. The molecule has 0 unspecified atom stereocenters. The molecule has 0 aliphatic rings. The number of furan rings is 1. The molecule has 0 saturated carbocycles. The molecule has 5 heteroatoms. The van der Waals surface area contributed by atoms with Crippen molar-refractivity contribution >= 4 is 16.9 Å². The first-order valence-electron chi connectivity index (χ1n) is 4.84. The van der Waals surface area contributed by atoms with Crippen molar-refractivity contribution in [2.24, 2.45) is 11.5 Å². The van der Waals surface area contributed by atoms with Gasteiger partial charge in [-0.1, -0.05) is 12.1 Å². The molecule has 1 heterocycles. The average Bonchev–Trinajstić information content (AvgIpc) is 2.64. The van der Waals surface area contributed by atoms with E-state index in [1.807, 2.05) is 24.3 Å². The Balaban J connectivity index is 2.43. The van der Waals surface area contributed by atoms with Crippen LogP contribution in [0.2, 0.25) is 0 Å². The zero-order chi connectivity index (χ0) is 11.5. The summed E-state index contributed by atoms with van der Waals surface area (Å²) >= 11 is 0. The van der Waals surface area contributed by atoms with E-state index < -0.39 is 5.91 Å². The number of nitrogens with two attached hydrogens (primary N) is 2. The summed E-state index contributed by atoms with van der Waals surface area (Å²) in [5, 5.41) is 0.796. The van der Waals surface area contributed by atoms with Crippen LogP contribution in [0.3, 0.4) is 0 Å². The summed E-state index contributed by atoms with van der Waals surface area (Å²) < 4.78 is 10.8. The molecular weight excluding hydrogens is 208 g/mol. The Morgan fingerprint density at radius 3 is 2.81 bits per heavy atom. The molecule has 2 aromatic rings. The first-order chi connectivity index (χ1) is 7.72. The zero-order valence-corrected chi connectivity index (χ0v) is 8.60. The molecule has 1 amide bonds. The van der Waals surface area contributed by atoms with Gasteiger partial charge in [-0.25, -0.2) is 0 Å². The summed E-state index contributed by atoms with van der Waals surface area (Å²) in [7, 11) is 0. The molecule has 2 rings (SSSR count). The maximum absolute atomic E-state index is 10.7. The first-order valence-corrected chi connectivity index (χ1v) is 4.84. The highest BCUT2D eigenvalue weighted by molar-refractivity contribution is 5.86. The van der Waals surface area contributed by atoms with Crippen molar-refractivity contribution in [3.05, 3.63) is 30.0 Å². The van der Waals surface area contributed by atoms with Crippen molar-refractivity contribution in [1.82, 2.24) is 0 Å². The summed E-state index contributed by atoms with van der Waals surface area (Å²) in [5.74, 6) is 0.479. The predicted molar refractivity (Wildman–Crippen MR) is 58.8 cm³/mol. The van der Waals surface area contributed by atoms with Gasteiger partial charge in [-0.15, -0.1) is 0 Å². The van der Waals surface area contributed by atoms with E-state index in [4.69, 9.17) is 20.6 Å². The molecule has 0 aliphatic carbocycles. The third-order valence-electron chi connectivity index (χ3n) is 2.16. The van der Waals surface area contributed by atoms with E-state index in [9.17, 15) is 4.79 Å². The minimum Gasteiger partial charge on any atom is -0.479 e. The zero-order valence-electron chi connectivity index (χ0n) is 8.60. The van der Waals surface area contributed by atoms with Crippen LogP contribution < -0.4 is 16.2 Å². The Bertz CT molecular complexity index is 519. The number of amides is 1. The van der Waals surface area contributed by atoms with Gasteiger partial charge in [0.25, 0.3) is 5.91 Å². The second-order valence-corrected chi connectivity index (χ2v) is 3.31. The van der Waals surface area contributed by atoms with Gasteiger partial charge in [0.2, 0.25) is 0 Å². The van der Waals surface area contributed by atoms with E-state index in [0.717, 1.165) is 5.39 Å². The molecule has 0 spiro atoms. The van der Waals surface area contributed by atoms with E-state index in [2.05, 4.69) is 0 Å². The summed E-state index contributed by atoms with van der Waals surface area (Å²) in [4.78, 5) is 10.7. The van der Waals surface area contributed by atoms with Crippen LogP contribution in [0.5, 0.6) is 5.75 Å². The standard InChI is InChI=1S/C11H12N2O3/c12-5-9-11(15-6-10(13)14)7-3-1-2-4-8(7)16-9/h1-4H,5-6,12H2,(H2,13,14). The fourth-order valence-electron chi connectivity index (χ4n) is 1.51. The summed E-state index contributed by atoms with van der Waals surface area (Å²) in [5.41, 5.74) is 11.2. The number of ether oxygens (including phenoxy) is 1. The number of carbonyl (C=O) groups is 1. The van der Waals surface area contributed by atoms with E-state index >= 15 is 0 Å². The van der Waals surface area contributed by atoms with Crippen molar-refractivity contribution < 1.29 is 13.9 Å². The number of benzene rings is 1. The van der Waals surface area contributed by atoms with Crippen LogP contribution in [-0.4, -0.2) is 12.5 Å². The molecule has 5 nitrogen and oxygen atoms in total. The van der Waals surface area contributed by atoms with E-state index in [0.29, 0.717) is 17.1 Å². The molecule has 1 aromatic heterocycles. The number of para-hydroxylation sites is 1. The van der Waals surface area contributed by atoms with Crippen molar-refractivity contribution in [3.63, 3.8) is 0 Å². The number of hydrogen-bond donors (Lipinski definition) is 2. The first kappa shape index (κ1) is 10.5. The smallest absolute Gasteiger partial charge is 0.255 e. The highest BCUT2D eigenvalue weighted by Crippen LogP contribution is 2.32. The second kappa shape index (κ2) is 4.24. The topological polar surface area (TPSA) is 91.5 Å². The maximum Gasteiger partial charge on any atom is 0.255 e. The normalized spacial score (nSPS) is 10.6. The van der Waals surface area contributed by atoms with Gasteiger partial charge in [0.05, 0.1) is 11.9 Å². The van der Waals surface area contributed by atoms with Crippen LogP contribution in [0, 0.1) is 0 Å². The minimum atomic E-state index is -0.534. The molecule has 1 aromatic carbocycles. The van der Waals surface area contributed by atoms with Crippen LogP contribution in [0.4, 0.5) is 0 Å². The summed E-state index contributed by atoms with van der Waals surface area (Å²) in [6.45, 7) is 0.0271. The third kappa shape index (κ3) is 1.85. The highest BCUT2D eigenvalue weighted by Gasteiger charge is 2.14. The molecule has 0 radical (unpaired) electrons. The number of hydrogen-bond acceptors (Lipinski definition) is 4. The van der Waals surface area contributed by atoms with Gasteiger partial charge >= 0.3 is 0 Å². The Morgan fingerprint density at radius 2 is 2.12 bits per heavy atom. The quantitative estimate of drug-likeness (QED) is 0.795. The molecule has 0 bridgehead atoms. The number of carbonyl (C=O) groups excluding carboxylic acids is 1. The van der Waals surface area contributed by atoms with Gasteiger partial charge in [0, 0.05) is 0 Å². The lowest BCUT2D eigenvalue weighted by Gasteiger charge is -2.02. The van der Waals surface area contributed by atoms with E-state index in [1.165, 1.54) is 0 Å². The third-order valence-corrected chi connectivity index (χ3v) is 2.16. The van der Waals surface area contributed by atoms with Gasteiger partial charge in [-0.3, -0.25) is 4.79 Å². The molecule has 4 N–H and O–H groups in total. The van der Waals surface area contributed by atoms with Crippen molar-refractivity contribution in [1.29, 1.82) is 0 Å². The minimum absolute atomic E-state index is 0.184. The number of primary amides is 1. The molecule has 16 heavy (non-hydrogen) atoms. The van der Waals surface area contributed by atoms with Crippen LogP contribution in [0.25, 0.3) is 11.0 Å². The Morgan fingerprint density at radius 1 is 1.38 bits per heavy atom. The van der Waals surface area contributed by atoms with Gasteiger partial charge in [0.1, 0.15) is 5.58 Å². The monoisotopic (exact) mass is 220 g/mol. The average molecular weight is 220 g/mol. The van der Waals surface area contributed by atoms with Crippen LogP contribution in [0.15, 0.2) is 28.7 Å². The number of fused-ring (bicyclic) bond motifs is 1. The predicted octanol–water partition coefficient (Wildman–Crippen LogP) is 0.756. The Hall–Kier alpha value is -2.01. The lowest BCUT2D eigenvalue weighted by Crippen LogP contribution is -2.20.